The first-order chi connectivity index (χ1) is 9.33. The lowest BCUT2D eigenvalue weighted by Gasteiger charge is -2.26. The molecule has 1 aliphatic heterocycles. The molecular weight excluding hydrogens is 236 g/mol. The first kappa shape index (κ1) is 12.4. The topological polar surface area (TPSA) is 33.2 Å². The van der Waals surface area contributed by atoms with Crippen LogP contribution in [0.5, 0.6) is 0 Å². The Morgan fingerprint density at radius 3 is 2.68 bits per heavy atom. The van der Waals surface area contributed by atoms with Crippen LogP contribution in [0.4, 0.5) is 0 Å². The lowest BCUT2D eigenvalue weighted by atomic mass is 9.95. The third-order valence-corrected chi connectivity index (χ3v) is 4.28. The molecule has 0 saturated carbocycles. The summed E-state index contributed by atoms with van der Waals surface area (Å²) in [5, 5.41) is 0. The van der Waals surface area contributed by atoms with Crippen LogP contribution < -0.4 is 0 Å². The van der Waals surface area contributed by atoms with Gasteiger partial charge in [-0.3, -0.25) is 9.78 Å². The molecule has 2 heterocycles. The van der Waals surface area contributed by atoms with E-state index in [1.807, 2.05) is 29.4 Å². The molecule has 3 rings (SSSR count). The first-order valence-electron chi connectivity index (χ1n) is 7.25. The maximum atomic E-state index is 12.6. The zero-order valence-electron chi connectivity index (χ0n) is 11.4. The minimum absolute atomic E-state index is 0.161. The molecule has 0 spiro atoms. The fourth-order valence-electron chi connectivity index (χ4n) is 3.38. The second-order valence-electron chi connectivity index (χ2n) is 5.34. The van der Waals surface area contributed by atoms with Crippen LogP contribution in [-0.4, -0.2) is 22.3 Å². The largest absolute Gasteiger partial charge is 0.328 e. The highest BCUT2D eigenvalue weighted by molar-refractivity contribution is 5.98. The average Bonchev–Trinajstić information content (AvgIpc) is 2.61. The second-order valence-corrected chi connectivity index (χ2v) is 5.34. The van der Waals surface area contributed by atoms with Crippen molar-refractivity contribution in [2.75, 3.05) is 6.54 Å². The summed E-state index contributed by atoms with van der Waals surface area (Å²) in [5.41, 5.74) is 3.67. The molecule has 3 heteroatoms. The van der Waals surface area contributed by atoms with Gasteiger partial charge in [-0.2, -0.15) is 0 Å². The lowest BCUT2D eigenvalue weighted by Crippen LogP contribution is -2.30. The lowest BCUT2D eigenvalue weighted by molar-refractivity contribution is -0.127. The van der Waals surface area contributed by atoms with Crippen LogP contribution in [0.25, 0.3) is 0 Å². The van der Waals surface area contributed by atoms with Crippen LogP contribution >= 0.6 is 0 Å². The smallest absolute Gasteiger partial charge is 0.250 e. The van der Waals surface area contributed by atoms with Crippen molar-refractivity contribution < 1.29 is 4.79 Å². The van der Waals surface area contributed by atoms with E-state index in [1.165, 1.54) is 24.0 Å². The SMILES string of the molecule is CCN1C(=O)C2=C(CCCCC2)C1c1ccncc1. The third kappa shape index (κ3) is 2.07. The molecule has 1 aromatic heterocycles. The fourth-order valence-corrected chi connectivity index (χ4v) is 3.38. The zero-order valence-corrected chi connectivity index (χ0v) is 11.4. The summed E-state index contributed by atoms with van der Waals surface area (Å²) in [4.78, 5) is 18.7. The van der Waals surface area contributed by atoms with Crippen molar-refractivity contribution in [2.45, 2.75) is 45.1 Å². The summed E-state index contributed by atoms with van der Waals surface area (Å²) in [5.74, 6) is 0.265. The summed E-state index contributed by atoms with van der Waals surface area (Å²) >= 11 is 0. The van der Waals surface area contributed by atoms with E-state index in [4.69, 9.17) is 0 Å². The van der Waals surface area contributed by atoms with Gasteiger partial charge in [0.05, 0.1) is 6.04 Å². The molecule has 1 unspecified atom stereocenters. The molecule has 1 amide bonds. The molecule has 1 atom stereocenters. The summed E-state index contributed by atoms with van der Waals surface area (Å²) in [6, 6.07) is 4.25. The van der Waals surface area contributed by atoms with Crippen molar-refractivity contribution >= 4 is 5.91 Å². The Hall–Kier alpha value is -1.64. The second kappa shape index (κ2) is 5.16. The minimum Gasteiger partial charge on any atom is -0.328 e. The van der Waals surface area contributed by atoms with Gasteiger partial charge in [0.15, 0.2) is 0 Å². The highest BCUT2D eigenvalue weighted by atomic mass is 16.2. The Balaban J connectivity index is 2.04. The normalized spacial score (nSPS) is 23.5. The number of nitrogens with zero attached hydrogens (tertiary/aromatic N) is 2. The summed E-state index contributed by atoms with van der Waals surface area (Å²) in [6.45, 7) is 2.84. The molecule has 2 aliphatic rings. The van der Waals surface area contributed by atoms with E-state index < -0.39 is 0 Å². The number of hydrogen-bond acceptors (Lipinski definition) is 2. The molecule has 1 aromatic rings. The monoisotopic (exact) mass is 256 g/mol. The Kier molecular flexibility index (Phi) is 3.36. The van der Waals surface area contributed by atoms with E-state index in [-0.39, 0.29) is 11.9 Å². The van der Waals surface area contributed by atoms with Gasteiger partial charge in [-0.05, 0) is 55.9 Å². The molecule has 0 bridgehead atoms. The van der Waals surface area contributed by atoms with Crippen molar-refractivity contribution in [1.82, 2.24) is 9.88 Å². The maximum Gasteiger partial charge on any atom is 0.250 e. The summed E-state index contributed by atoms with van der Waals surface area (Å²) in [6.07, 6.45) is 9.30. The van der Waals surface area contributed by atoms with E-state index in [2.05, 4.69) is 11.9 Å². The molecule has 0 radical (unpaired) electrons. The molecular formula is C16H20N2O. The Labute approximate surface area is 114 Å². The average molecular weight is 256 g/mol. The van der Waals surface area contributed by atoms with Crippen molar-refractivity contribution in [3.05, 3.63) is 41.2 Å². The number of amides is 1. The molecule has 0 N–H and O–H groups in total. The maximum absolute atomic E-state index is 12.6. The van der Waals surface area contributed by atoms with Gasteiger partial charge in [-0.15, -0.1) is 0 Å². The number of carbonyl (C=O) groups is 1. The molecule has 3 nitrogen and oxygen atoms in total. The number of hydrogen-bond donors (Lipinski definition) is 0. The van der Waals surface area contributed by atoms with Crippen molar-refractivity contribution in [3.8, 4) is 0 Å². The highest BCUT2D eigenvalue weighted by Crippen LogP contribution is 2.43. The minimum atomic E-state index is 0.161. The van der Waals surface area contributed by atoms with Crippen LogP contribution in [0.1, 0.15) is 50.6 Å². The molecule has 19 heavy (non-hydrogen) atoms. The van der Waals surface area contributed by atoms with Gasteiger partial charge in [0, 0.05) is 24.5 Å². The number of carbonyl (C=O) groups excluding carboxylic acids is 1. The van der Waals surface area contributed by atoms with Crippen molar-refractivity contribution in [1.29, 1.82) is 0 Å². The van der Waals surface area contributed by atoms with E-state index >= 15 is 0 Å². The number of aromatic nitrogens is 1. The quantitative estimate of drug-likeness (QED) is 0.813. The standard InChI is InChI=1S/C16H20N2O/c1-2-18-15(12-8-10-17-11-9-12)13-6-4-3-5-7-14(13)16(18)19/h8-11,15H,2-7H2,1H3. The Morgan fingerprint density at radius 2 is 1.95 bits per heavy atom. The third-order valence-electron chi connectivity index (χ3n) is 4.28. The number of rotatable bonds is 2. The molecule has 100 valence electrons. The van der Waals surface area contributed by atoms with Crippen molar-refractivity contribution in [3.63, 3.8) is 0 Å². The van der Waals surface area contributed by atoms with Gasteiger partial charge in [0.2, 0.25) is 0 Å². The first-order valence-corrected chi connectivity index (χ1v) is 7.25. The van der Waals surface area contributed by atoms with Crippen LogP contribution in [0.15, 0.2) is 35.7 Å². The van der Waals surface area contributed by atoms with Crippen molar-refractivity contribution in [2.24, 2.45) is 0 Å². The Morgan fingerprint density at radius 1 is 1.21 bits per heavy atom. The number of likely N-dealkylation sites (N-methyl/N-ethyl adjacent to an activating group) is 1. The van der Waals surface area contributed by atoms with E-state index in [0.29, 0.717) is 0 Å². The number of pyridine rings is 1. The zero-order chi connectivity index (χ0) is 13.2. The van der Waals surface area contributed by atoms with Crippen LogP contribution in [-0.2, 0) is 4.79 Å². The fraction of sp³-hybridized carbons (Fsp3) is 0.500. The summed E-state index contributed by atoms with van der Waals surface area (Å²) in [7, 11) is 0. The van der Waals surface area contributed by atoms with E-state index in [9.17, 15) is 4.79 Å². The summed E-state index contributed by atoms with van der Waals surface area (Å²) < 4.78 is 0. The predicted molar refractivity (Wildman–Crippen MR) is 74.5 cm³/mol. The predicted octanol–water partition coefficient (Wildman–Crippen LogP) is 3.25. The van der Waals surface area contributed by atoms with E-state index in [0.717, 1.165) is 31.4 Å². The van der Waals surface area contributed by atoms with Crippen LogP contribution in [0, 0.1) is 0 Å². The van der Waals surface area contributed by atoms with Gasteiger partial charge in [-0.25, -0.2) is 0 Å². The van der Waals surface area contributed by atoms with Gasteiger partial charge in [0.25, 0.3) is 5.91 Å². The Bertz CT molecular complexity index is 507. The molecule has 0 aromatic carbocycles. The van der Waals surface area contributed by atoms with E-state index in [1.54, 1.807) is 0 Å². The van der Waals surface area contributed by atoms with Gasteiger partial charge in [0.1, 0.15) is 0 Å². The van der Waals surface area contributed by atoms with Crippen LogP contribution in [0.2, 0.25) is 0 Å². The van der Waals surface area contributed by atoms with Gasteiger partial charge in [-0.1, -0.05) is 6.42 Å². The van der Waals surface area contributed by atoms with Gasteiger partial charge < -0.3 is 4.90 Å². The highest BCUT2D eigenvalue weighted by Gasteiger charge is 2.38. The van der Waals surface area contributed by atoms with Crippen LogP contribution in [0.3, 0.4) is 0 Å². The van der Waals surface area contributed by atoms with Gasteiger partial charge >= 0.3 is 0 Å². The molecule has 1 aliphatic carbocycles. The molecule has 0 fully saturated rings. The molecule has 0 saturated heterocycles.